The average Bonchev–Trinajstić information content (AvgIpc) is 2.71. The van der Waals surface area contributed by atoms with Gasteiger partial charge in [0.2, 0.25) is 0 Å². The molecule has 0 aromatic heterocycles. The number of hydrogen-bond donors (Lipinski definition) is 2. The molecule has 2 atom stereocenters. The number of halogens is 3. The molecule has 0 aliphatic carbocycles. The number of carbonyl (C=O) groups excluding carboxylic acids is 2. The number of esters is 1. The van der Waals surface area contributed by atoms with Crippen molar-refractivity contribution in [3.63, 3.8) is 0 Å². The summed E-state index contributed by atoms with van der Waals surface area (Å²) in [6.07, 6.45) is -6.22. The minimum absolute atomic E-state index is 0.0412. The third kappa shape index (κ3) is 5.95. The summed E-state index contributed by atoms with van der Waals surface area (Å²) in [7, 11) is 2.64. The summed E-state index contributed by atoms with van der Waals surface area (Å²) in [4.78, 5) is 24.4. The van der Waals surface area contributed by atoms with Gasteiger partial charge in [-0.15, -0.1) is 0 Å². The topological polar surface area (TPSA) is 84.9 Å². The molecule has 0 unspecified atom stereocenters. The van der Waals surface area contributed by atoms with Crippen LogP contribution < -0.4 is 10.1 Å². The normalized spacial score (nSPS) is 13.3. The Morgan fingerprint density at radius 3 is 2.31 bits per heavy atom. The molecule has 156 valence electrons. The minimum atomic E-state index is -4.53. The molecule has 2 rings (SSSR count). The zero-order chi connectivity index (χ0) is 21.6. The van der Waals surface area contributed by atoms with E-state index in [2.05, 4.69) is 10.1 Å². The molecule has 0 spiro atoms. The number of rotatable bonds is 7. The van der Waals surface area contributed by atoms with E-state index in [-0.39, 0.29) is 12.0 Å². The fourth-order valence-electron chi connectivity index (χ4n) is 2.63. The smallest absolute Gasteiger partial charge is 0.416 e. The maximum atomic E-state index is 12.6. The van der Waals surface area contributed by atoms with Crippen LogP contribution in [0.5, 0.6) is 5.75 Å². The van der Waals surface area contributed by atoms with E-state index in [1.54, 1.807) is 24.3 Å². The van der Waals surface area contributed by atoms with Crippen LogP contribution >= 0.6 is 0 Å². The molecule has 29 heavy (non-hydrogen) atoms. The highest BCUT2D eigenvalue weighted by Gasteiger charge is 2.31. The summed E-state index contributed by atoms with van der Waals surface area (Å²) in [6, 6.07) is 9.24. The molecular formula is C20H20F3NO5. The Morgan fingerprint density at radius 1 is 1.10 bits per heavy atom. The third-order valence-electron chi connectivity index (χ3n) is 4.18. The number of methoxy groups -OCH3 is 2. The number of aliphatic hydroxyl groups is 1. The lowest BCUT2D eigenvalue weighted by Crippen LogP contribution is -2.45. The van der Waals surface area contributed by atoms with Gasteiger partial charge in [0, 0.05) is 6.42 Å². The maximum Gasteiger partial charge on any atom is 0.416 e. The predicted molar refractivity (Wildman–Crippen MR) is 97.0 cm³/mol. The van der Waals surface area contributed by atoms with Gasteiger partial charge in [-0.3, -0.25) is 4.79 Å². The zero-order valence-corrected chi connectivity index (χ0v) is 15.7. The molecule has 0 fully saturated rings. The van der Waals surface area contributed by atoms with Crippen LogP contribution in [-0.2, 0) is 26.9 Å². The van der Waals surface area contributed by atoms with Crippen molar-refractivity contribution in [1.29, 1.82) is 0 Å². The van der Waals surface area contributed by atoms with Gasteiger partial charge in [0.05, 0.1) is 19.8 Å². The fourth-order valence-corrected chi connectivity index (χ4v) is 2.63. The Kier molecular flexibility index (Phi) is 7.22. The molecule has 0 heterocycles. The van der Waals surface area contributed by atoms with Gasteiger partial charge in [0.25, 0.3) is 5.91 Å². The predicted octanol–water partition coefficient (Wildman–Crippen LogP) is 2.65. The van der Waals surface area contributed by atoms with E-state index >= 15 is 0 Å². The van der Waals surface area contributed by atoms with E-state index in [1.165, 1.54) is 7.11 Å². The molecule has 2 aromatic rings. The Morgan fingerprint density at radius 2 is 1.76 bits per heavy atom. The fraction of sp³-hybridized carbons (Fsp3) is 0.300. The summed E-state index contributed by atoms with van der Waals surface area (Å²) in [5, 5.41) is 12.5. The second-order valence-electron chi connectivity index (χ2n) is 6.16. The highest BCUT2D eigenvalue weighted by Crippen LogP contribution is 2.30. The van der Waals surface area contributed by atoms with Crippen molar-refractivity contribution in [2.45, 2.75) is 24.7 Å². The molecule has 0 bridgehead atoms. The van der Waals surface area contributed by atoms with Crippen molar-refractivity contribution >= 4 is 11.9 Å². The molecule has 0 saturated heterocycles. The molecule has 0 radical (unpaired) electrons. The lowest BCUT2D eigenvalue weighted by molar-refractivity contribution is -0.146. The highest BCUT2D eigenvalue weighted by molar-refractivity contribution is 5.87. The SMILES string of the molecule is COC(=O)[C@@H](Cc1cccc(OC)c1)NC(=O)[C@@H](O)c1ccc(C(F)(F)F)cc1. The molecule has 2 N–H and O–H groups in total. The maximum absolute atomic E-state index is 12.6. The van der Waals surface area contributed by atoms with Crippen LogP contribution in [0.1, 0.15) is 22.8 Å². The molecule has 9 heteroatoms. The van der Waals surface area contributed by atoms with E-state index in [4.69, 9.17) is 4.74 Å². The molecule has 0 aliphatic heterocycles. The van der Waals surface area contributed by atoms with Crippen molar-refractivity contribution in [3.8, 4) is 5.75 Å². The van der Waals surface area contributed by atoms with Crippen molar-refractivity contribution < 1.29 is 37.3 Å². The quantitative estimate of drug-likeness (QED) is 0.685. The zero-order valence-electron chi connectivity index (χ0n) is 15.7. The van der Waals surface area contributed by atoms with Crippen LogP contribution in [0.2, 0.25) is 0 Å². The summed E-state index contributed by atoms with van der Waals surface area (Å²) < 4.78 is 47.7. The van der Waals surface area contributed by atoms with E-state index in [0.29, 0.717) is 11.3 Å². The number of aliphatic hydroxyl groups excluding tert-OH is 1. The monoisotopic (exact) mass is 411 g/mol. The first kappa shape index (κ1) is 22.2. The number of alkyl halides is 3. The Hall–Kier alpha value is -3.07. The minimum Gasteiger partial charge on any atom is -0.497 e. The van der Waals surface area contributed by atoms with Crippen LogP contribution in [0.4, 0.5) is 13.2 Å². The van der Waals surface area contributed by atoms with Gasteiger partial charge < -0.3 is 19.9 Å². The summed E-state index contributed by atoms with van der Waals surface area (Å²) in [5.41, 5.74) is -0.274. The van der Waals surface area contributed by atoms with Crippen molar-refractivity contribution in [2.24, 2.45) is 0 Å². The van der Waals surface area contributed by atoms with E-state index in [0.717, 1.165) is 31.4 Å². The Labute approximate surface area is 165 Å². The first-order valence-electron chi connectivity index (χ1n) is 8.52. The number of benzene rings is 2. The van der Waals surface area contributed by atoms with Gasteiger partial charge in [-0.2, -0.15) is 13.2 Å². The number of carbonyl (C=O) groups is 2. The van der Waals surface area contributed by atoms with E-state index in [9.17, 15) is 27.9 Å². The van der Waals surface area contributed by atoms with Gasteiger partial charge in [0.15, 0.2) is 6.10 Å². The first-order valence-corrected chi connectivity index (χ1v) is 8.52. The molecule has 1 amide bonds. The molecule has 0 aliphatic rings. The van der Waals surface area contributed by atoms with Crippen LogP contribution in [0.15, 0.2) is 48.5 Å². The Bertz CT molecular complexity index is 852. The standard InChI is InChI=1S/C20H20F3NO5/c1-28-15-5-3-4-12(10-15)11-16(19(27)29-2)24-18(26)17(25)13-6-8-14(9-7-13)20(21,22)23/h3-10,16-17,25H,11H2,1-2H3,(H,24,26)/t16-,17+/m1/s1. The number of ether oxygens (including phenoxy) is 2. The lowest BCUT2D eigenvalue weighted by Gasteiger charge is -2.19. The molecule has 0 saturated carbocycles. The number of amides is 1. The summed E-state index contributed by atoms with van der Waals surface area (Å²) in [6.45, 7) is 0. The second-order valence-corrected chi connectivity index (χ2v) is 6.16. The average molecular weight is 411 g/mol. The largest absolute Gasteiger partial charge is 0.497 e. The van der Waals surface area contributed by atoms with Crippen molar-refractivity contribution in [1.82, 2.24) is 5.32 Å². The Balaban J connectivity index is 2.13. The van der Waals surface area contributed by atoms with Crippen LogP contribution in [0, 0.1) is 0 Å². The van der Waals surface area contributed by atoms with Crippen molar-refractivity contribution in [2.75, 3.05) is 14.2 Å². The second kappa shape index (κ2) is 9.42. The van der Waals surface area contributed by atoms with Gasteiger partial charge in [0.1, 0.15) is 11.8 Å². The lowest BCUT2D eigenvalue weighted by atomic mass is 10.0. The van der Waals surface area contributed by atoms with E-state index < -0.39 is 35.8 Å². The summed E-state index contributed by atoms with van der Waals surface area (Å²) in [5.74, 6) is -1.12. The molecule has 6 nitrogen and oxygen atoms in total. The number of hydrogen-bond acceptors (Lipinski definition) is 5. The van der Waals surface area contributed by atoms with Crippen LogP contribution in [-0.4, -0.2) is 37.2 Å². The van der Waals surface area contributed by atoms with Crippen LogP contribution in [0.3, 0.4) is 0 Å². The third-order valence-corrected chi connectivity index (χ3v) is 4.18. The van der Waals surface area contributed by atoms with Crippen molar-refractivity contribution in [3.05, 3.63) is 65.2 Å². The molecular weight excluding hydrogens is 391 g/mol. The highest BCUT2D eigenvalue weighted by atomic mass is 19.4. The van der Waals surface area contributed by atoms with Gasteiger partial charge in [-0.05, 0) is 35.4 Å². The number of nitrogens with one attached hydrogen (secondary N) is 1. The van der Waals surface area contributed by atoms with Crippen LogP contribution in [0.25, 0.3) is 0 Å². The van der Waals surface area contributed by atoms with Gasteiger partial charge in [-0.1, -0.05) is 24.3 Å². The molecule has 2 aromatic carbocycles. The first-order chi connectivity index (χ1) is 13.7. The summed E-state index contributed by atoms with van der Waals surface area (Å²) >= 11 is 0. The van der Waals surface area contributed by atoms with Gasteiger partial charge in [-0.25, -0.2) is 4.79 Å². The van der Waals surface area contributed by atoms with Gasteiger partial charge >= 0.3 is 12.1 Å². The van der Waals surface area contributed by atoms with E-state index in [1.807, 2.05) is 0 Å².